The topological polar surface area (TPSA) is 62.7 Å². The summed E-state index contributed by atoms with van der Waals surface area (Å²) in [5.74, 6) is 2.15. The van der Waals surface area contributed by atoms with Gasteiger partial charge in [-0.3, -0.25) is 0 Å². The van der Waals surface area contributed by atoms with Gasteiger partial charge in [-0.25, -0.2) is 15.0 Å². The van der Waals surface area contributed by atoms with Gasteiger partial charge >= 0.3 is 0 Å². The molecule has 2 heterocycles. The Hall–Kier alpha value is -1.69. The van der Waals surface area contributed by atoms with E-state index in [-0.39, 0.29) is 0 Å². The first-order valence-corrected chi connectivity index (χ1v) is 7.36. The first-order chi connectivity index (χ1) is 9.22. The average Bonchev–Trinajstić information content (AvgIpc) is 2.89. The molecule has 0 aliphatic heterocycles. The Balaban J connectivity index is 2.20. The van der Waals surface area contributed by atoms with Crippen LogP contribution in [0.1, 0.15) is 37.9 Å². The second-order valence-electron chi connectivity index (χ2n) is 4.50. The SMILES string of the molecule is CCNc1ncnc(NCc2cscn2)c1C(C)C. The molecular weight excluding hydrogens is 258 g/mol. The highest BCUT2D eigenvalue weighted by Gasteiger charge is 2.14. The highest BCUT2D eigenvalue weighted by atomic mass is 32.1. The minimum atomic E-state index is 0.355. The van der Waals surface area contributed by atoms with Crippen LogP contribution in [0, 0.1) is 0 Å². The lowest BCUT2D eigenvalue weighted by atomic mass is 10.0. The van der Waals surface area contributed by atoms with Crippen LogP contribution in [0.25, 0.3) is 0 Å². The summed E-state index contributed by atoms with van der Waals surface area (Å²) in [4.78, 5) is 12.9. The van der Waals surface area contributed by atoms with Crippen LogP contribution < -0.4 is 10.6 Å². The lowest BCUT2D eigenvalue weighted by Gasteiger charge is -2.17. The number of aromatic nitrogens is 3. The molecule has 2 rings (SSSR count). The number of thiazole rings is 1. The van der Waals surface area contributed by atoms with Crippen LogP contribution in [-0.4, -0.2) is 21.5 Å². The zero-order chi connectivity index (χ0) is 13.7. The van der Waals surface area contributed by atoms with Gasteiger partial charge in [0, 0.05) is 17.5 Å². The summed E-state index contributed by atoms with van der Waals surface area (Å²) in [5, 5.41) is 8.67. The van der Waals surface area contributed by atoms with Gasteiger partial charge in [0.05, 0.1) is 17.7 Å². The fraction of sp³-hybridized carbons (Fsp3) is 0.462. The Morgan fingerprint density at radius 2 is 1.89 bits per heavy atom. The third kappa shape index (κ3) is 3.41. The van der Waals surface area contributed by atoms with Gasteiger partial charge in [-0.1, -0.05) is 13.8 Å². The normalized spacial score (nSPS) is 10.7. The van der Waals surface area contributed by atoms with Gasteiger partial charge in [0.1, 0.15) is 18.0 Å². The molecule has 0 radical (unpaired) electrons. The summed E-state index contributed by atoms with van der Waals surface area (Å²) >= 11 is 1.60. The molecule has 102 valence electrons. The highest BCUT2D eigenvalue weighted by molar-refractivity contribution is 7.07. The van der Waals surface area contributed by atoms with E-state index in [1.54, 1.807) is 17.7 Å². The van der Waals surface area contributed by atoms with E-state index in [9.17, 15) is 0 Å². The van der Waals surface area contributed by atoms with Crippen molar-refractivity contribution in [3.05, 3.63) is 28.5 Å². The van der Waals surface area contributed by atoms with Crippen molar-refractivity contribution >= 4 is 23.0 Å². The molecule has 2 aromatic rings. The predicted octanol–water partition coefficient (Wildman–Crippen LogP) is 3.10. The Bertz CT molecular complexity index is 510. The molecule has 0 bridgehead atoms. The molecule has 0 spiro atoms. The maximum Gasteiger partial charge on any atom is 0.135 e. The van der Waals surface area contributed by atoms with E-state index in [0.29, 0.717) is 12.5 Å². The zero-order valence-electron chi connectivity index (χ0n) is 11.5. The molecule has 0 aliphatic carbocycles. The van der Waals surface area contributed by atoms with Gasteiger partial charge in [-0.15, -0.1) is 11.3 Å². The summed E-state index contributed by atoms with van der Waals surface area (Å²) in [6, 6.07) is 0. The molecule has 0 amide bonds. The van der Waals surface area contributed by atoms with E-state index < -0.39 is 0 Å². The fourth-order valence-electron chi connectivity index (χ4n) is 1.89. The lowest BCUT2D eigenvalue weighted by Crippen LogP contribution is -2.11. The molecular formula is C13H19N5S. The van der Waals surface area contributed by atoms with Crippen LogP contribution in [0.3, 0.4) is 0 Å². The number of hydrogen-bond donors (Lipinski definition) is 2. The van der Waals surface area contributed by atoms with E-state index in [1.165, 1.54) is 0 Å². The van der Waals surface area contributed by atoms with E-state index in [2.05, 4.69) is 46.4 Å². The summed E-state index contributed by atoms with van der Waals surface area (Å²) in [6.45, 7) is 7.89. The van der Waals surface area contributed by atoms with E-state index >= 15 is 0 Å². The number of anilines is 2. The highest BCUT2D eigenvalue weighted by Crippen LogP contribution is 2.28. The van der Waals surface area contributed by atoms with Gasteiger partial charge in [-0.2, -0.15) is 0 Å². The Labute approximate surface area is 117 Å². The monoisotopic (exact) mass is 277 g/mol. The Kier molecular flexibility index (Phi) is 4.68. The van der Waals surface area contributed by atoms with Crippen LogP contribution in [0.2, 0.25) is 0 Å². The molecule has 0 saturated heterocycles. The van der Waals surface area contributed by atoms with Crippen molar-refractivity contribution in [2.24, 2.45) is 0 Å². The standard InChI is InChI=1S/C13H19N5S/c1-4-14-12-11(9(2)3)13(17-7-16-12)15-5-10-6-19-8-18-10/h6-9H,4-5H2,1-3H3,(H2,14,15,16,17). The molecule has 0 aliphatic rings. The number of nitrogens with zero attached hydrogens (tertiary/aromatic N) is 3. The summed E-state index contributed by atoms with van der Waals surface area (Å²) < 4.78 is 0. The second kappa shape index (κ2) is 6.47. The van der Waals surface area contributed by atoms with Crippen LogP contribution in [0.4, 0.5) is 11.6 Å². The predicted molar refractivity (Wildman–Crippen MR) is 79.7 cm³/mol. The fourth-order valence-corrected chi connectivity index (χ4v) is 2.45. The van der Waals surface area contributed by atoms with Gasteiger partial charge in [0.25, 0.3) is 0 Å². The lowest BCUT2D eigenvalue weighted by molar-refractivity contribution is 0.843. The first-order valence-electron chi connectivity index (χ1n) is 6.42. The summed E-state index contributed by atoms with van der Waals surface area (Å²) in [5.41, 5.74) is 3.99. The summed E-state index contributed by atoms with van der Waals surface area (Å²) in [6.07, 6.45) is 1.59. The minimum absolute atomic E-state index is 0.355. The molecule has 0 fully saturated rings. The minimum Gasteiger partial charge on any atom is -0.370 e. The quantitative estimate of drug-likeness (QED) is 0.849. The van der Waals surface area contributed by atoms with Gasteiger partial charge in [0.15, 0.2) is 0 Å². The largest absolute Gasteiger partial charge is 0.370 e. The van der Waals surface area contributed by atoms with Gasteiger partial charge in [0.2, 0.25) is 0 Å². The third-order valence-electron chi connectivity index (χ3n) is 2.73. The van der Waals surface area contributed by atoms with Gasteiger partial charge < -0.3 is 10.6 Å². The van der Waals surface area contributed by atoms with Crippen LogP contribution in [0.5, 0.6) is 0 Å². The molecule has 0 unspecified atom stereocenters. The first kappa shape index (κ1) is 13.7. The molecule has 0 aromatic carbocycles. The van der Waals surface area contributed by atoms with E-state index in [0.717, 1.165) is 29.4 Å². The molecule has 2 N–H and O–H groups in total. The Morgan fingerprint density at radius 1 is 1.16 bits per heavy atom. The Morgan fingerprint density at radius 3 is 2.47 bits per heavy atom. The van der Waals surface area contributed by atoms with E-state index in [1.807, 2.05) is 10.9 Å². The van der Waals surface area contributed by atoms with Crippen molar-refractivity contribution in [2.75, 3.05) is 17.2 Å². The van der Waals surface area contributed by atoms with Crippen molar-refractivity contribution < 1.29 is 0 Å². The summed E-state index contributed by atoms with van der Waals surface area (Å²) in [7, 11) is 0. The van der Waals surface area contributed by atoms with Crippen molar-refractivity contribution in [3.8, 4) is 0 Å². The number of rotatable bonds is 6. The van der Waals surface area contributed by atoms with Crippen LogP contribution >= 0.6 is 11.3 Å². The maximum atomic E-state index is 4.36. The molecule has 19 heavy (non-hydrogen) atoms. The van der Waals surface area contributed by atoms with Crippen molar-refractivity contribution in [2.45, 2.75) is 33.2 Å². The molecule has 6 heteroatoms. The van der Waals surface area contributed by atoms with Crippen molar-refractivity contribution in [1.82, 2.24) is 15.0 Å². The van der Waals surface area contributed by atoms with Crippen LogP contribution in [-0.2, 0) is 6.54 Å². The number of hydrogen-bond acceptors (Lipinski definition) is 6. The van der Waals surface area contributed by atoms with E-state index in [4.69, 9.17) is 0 Å². The smallest absolute Gasteiger partial charge is 0.135 e. The maximum absolute atomic E-state index is 4.36. The average molecular weight is 277 g/mol. The third-order valence-corrected chi connectivity index (χ3v) is 3.36. The second-order valence-corrected chi connectivity index (χ2v) is 5.22. The van der Waals surface area contributed by atoms with Crippen LogP contribution in [0.15, 0.2) is 17.2 Å². The molecule has 0 atom stereocenters. The van der Waals surface area contributed by atoms with Crippen molar-refractivity contribution in [3.63, 3.8) is 0 Å². The molecule has 5 nitrogen and oxygen atoms in total. The molecule has 2 aromatic heterocycles. The molecule has 0 saturated carbocycles. The number of nitrogens with one attached hydrogen (secondary N) is 2. The zero-order valence-corrected chi connectivity index (χ0v) is 12.3. The van der Waals surface area contributed by atoms with Gasteiger partial charge in [-0.05, 0) is 12.8 Å². The van der Waals surface area contributed by atoms with Crippen molar-refractivity contribution in [1.29, 1.82) is 0 Å².